The van der Waals surface area contributed by atoms with Gasteiger partial charge in [-0.1, -0.05) is 6.92 Å². The van der Waals surface area contributed by atoms with Gasteiger partial charge in [-0.15, -0.1) is 0 Å². The van der Waals surface area contributed by atoms with Crippen molar-refractivity contribution < 1.29 is 9.53 Å². The molecule has 1 aromatic heterocycles. The predicted octanol–water partition coefficient (Wildman–Crippen LogP) is 3.02. The maximum atomic E-state index is 11.9. The third-order valence-corrected chi connectivity index (χ3v) is 2.99. The third kappa shape index (κ3) is 4.41. The fourth-order valence-corrected chi connectivity index (χ4v) is 1.77. The maximum absolute atomic E-state index is 11.9. The Balaban J connectivity index is 1.98. The van der Waals surface area contributed by atoms with Crippen molar-refractivity contribution in [1.82, 2.24) is 10.4 Å². The number of carbonyl (C=O) groups is 1. The second-order valence-electron chi connectivity index (χ2n) is 4.75. The third-order valence-electron chi connectivity index (χ3n) is 2.99. The molecule has 0 atom stereocenters. The molecule has 0 aliphatic carbocycles. The molecule has 0 saturated carbocycles. The highest BCUT2D eigenvalue weighted by Gasteiger charge is 2.04. The average molecular weight is 297 g/mol. The zero-order valence-electron chi connectivity index (χ0n) is 12.7. The molecule has 5 heteroatoms. The number of nitrogens with one attached hydrogen (secondary N) is 1. The quantitative estimate of drug-likeness (QED) is 0.658. The van der Waals surface area contributed by atoms with E-state index in [4.69, 9.17) is 4.74 Å². The second kappa shape index (κ2) is 7.93. The highest BCUT2D eigenvalue weighted by Crippen LogP contribution is 2.13. The van der Waals surface area contributed by atoms with Crippen molar-refractivity contribution in [3.63, 3.8) is 0 Å². The fraction of sp³-hybridized carbons (Fsp3) is 0.235. The van der Waals surface area contributed by atoms with E-state index in [1.807, 2.05) is 31.2 Å². The first kappa shape index (κ1) is 15.7. The van der Waals surface area contributed by atoms with E-state index in [-0.39, 0.29) is 5.91 Å². The highest BCUT2D eigenvalue weighted by atomic mass is 16.5. The summed E-state index contributed by atoms with van der Waals surface area (Å²) < 4.78 is 5.53. The van der Waals surface area contributed by atoms with Crippen LogP contribution in [0.5, 0.6) is 5.75 Å². The Labute approximate surface area is 130 Å². The van der Waals surface area contributed by atoms with Crippen LogP contribution in [0.4, 0.5) is 0 Å². The lowest BCUT2D eigenvalue weighted by molar-refractivity contribution is 0.0954. The van der Waals surface area contributed by atoms with Crippen molar-refractivity contribution in [3.05, 3.63) is 59.9 Å². The van der Waals surface area contributed by atoms with Crippen LogP contribution in [0.15, 0.2) is 53.9 Å². The SMILES string of the molecule is CCCOc1ccc(/C(C)=N\NC(=O)c2cccnc2)cc1. The molecule has 2 rings (SSSR count). The van der Waals surface area contributed by atoms with Crippen molar-refractivity contribution in [2.75, 3.05) is 6.61 Å². The summed E-state index contributed by atoms with van der Waals surface area (Å²) in [5, 5.41) is 4.11. The molecule has 2 aromatic rings. The number of aromatic nitrogens is 1. The highest BCUT2D eigenvalue weighted by molar-refractivity contribution is 6.00. The number of rotatable bonds is 6. The Morgan fingerprint density at radius 1 is 1.23 bits per heavy atom. The number of pyridine rings is 1. The van der Waals surface area contributed by atoms with Gasteiger partial charge in [0, 0.05) is 12.4 Å². The Hall–Kier alpha value is -2.69. The van der Waals surface area contributed by atoms with Gasteiger partial charge in [-0.2, -0.15) is 5.10 Å². The number of hydrogen-bond donors (Lipinski definition) is 1. The van der Waals surface area contributed by atoms with E-state index < -0.39 is 0 Å². The van der Waals surface area contributed by atoms with Crippen LogP contribution in [-0.4, -0.2) is 23.2 Å². The summed E-state index contributed by atoms with van der Waals surface area (Å²) in [6, 6.07) is 11.0. The van der Waals surface area contributed by atoms with Crippen molar-refractivity contribution in [2.24, 2.45) is 5.10 Å². The summed E-state index contributed by atoms with van der Waals surface area (Å²) in [5.41, 5.74) is 4.65. The standard InChI is InChI=1S/C17H19N3O2/c1-3-11-22-16-8-6-14(7-9-16)13(2)19-20-17(21)15-5-4-10-18-12-15/h4-10,12H,3,11H2,1-2H3,(H,20,21)/b19-13-. The van der Waals surface area contributed by atoms with Crippen LogP contribution in [0, 0.1) is 0 Å². The number of carbonyl (C=O) groups excluding carboxylic acids is 1. The molecule has 0 saturated heterocycles. The zero-order valence-corrected chi connectivity index (χ0v) is 12.7. The number of ether oxygens (including phenoxy) is 1. The van der Waals surface area contributed by atoms with Gasteiger partial charge in [-0.25, -0.2) is 5.43 Å². The molecule has 0 fully saturated rings. The van der Waals surface area contributed by atoms with Gasteiger partial charge in [-0.3, -0.25) is 9.78 Å². The van der Waals surface area contributed by atoms with Gasteiger partial charge in [0.15, 0.2) is 0 Å². The molecular weight excluding hydrogens is 278 g/mol. The summed E-state index contributed by atoms with van der Waals surface area (Å²) in [6.45, 7) is 4.61. The first-order chi connectivity index (χ1) is 10.7. The lowest BCUT2D eigenvalue weighted by Crippen LogP contribution is -2.19. The van der Waals surface area contributed by atoms with Crippen LogP contribution in [0.3, 0.4) is 0 Å². The largest absolute Gasteiger partial charge is 0.494 e. The molecule has 1 aromatic carbocycles. The Bertz CT molecular complexity index is 637. The number of nitrogens with zero attached hydrogens (tertiary/aromatic N) is 2. The summed E-state index contributed by atoms with van der Waals surface area (Å²) in [4.78, 5) is 15.8. The molecule has 0 unspecified atom stereocenters. The lowest BCUT2D eigenvalue weighted by Gasteiger charge is -2.06. The van der Waals surface area contributed by atoms with Crippen molar-refractivity contribution in [1.29, 1.82) is 0 Å². The van der Waals surface area contributed by atoms with E-state index >= 15 is 0 Å². The lowest BCUT2D eigenvalue weighted by atomic mass is 10.1. The van der Waals surface area contributed by atoms with Gasteiger partial charge in [-0.05, 0) is 55.3 Å². The molecule has 22 heavy (non-hydrogen) atoms. The van der Waals surface area contributed by atoms with Crippen LogP contribution < -0.4 is 10.2 Å². The Kier molecular flexibility index (Phi) is 5.65. The normalized spacial score (nSPS) is 11.1. The summed E-state index contributed by atoms with van der Waals surface area (Å²) in [5.74, 6) is 0.549. The number of hydrogen-bond acceptors (Lipinski definition) is 4. The smallest absolute Gasteiger partial charge is 0.272 e. The van der Waals surface area contributed by atoms with Gasteiger partial charge in [0.05, 0.1) is 17.9 Å². The zero-order chi connectivity index (χ0) is 15.8. The summed E-state index contributed by atoms with van der Waals surface area (Å²) >= 11 is 0. The van der Waals surface area contributed by atoms with Gasteiger partial charge < -0.3 is 4.74 Å². The van der Waals surface area contributed by atoms with E-state index in [2.05, 4.69) is 22.4 Å². The van der Waals surface area contributed by atoms with Crippen molar-refractivity contribution in [2.45, 2.75) is 20.3 Å². The van der Waals surface area contributed by atoms with Crippen LogP contribution in [0.1, 0.15) is 36.2 Å². The van der Waals surface area contributed by atoms with Crippen LogP contribution >= 0.6 is 0 Å². The molecule has 0 aliphatic rings. The van der Waals surface area contributed by atoms with Crippen molar-refractivity contribution in [3.8, 4) is 5.75 Å². The fourth-order valence-electron chi connectivity index (χ4n) is 1.77. The van der Waals surface area contributed by atoms with E-state index in [9.17, 15) is 4.79 Å². The number of benzene rings is 1. The summed E-state index contributed by atoms with van der Waals surface area (Å²) in [7, 11) is 0. The van der Waals surface area contributed by atoms with Gasteiger partial charge in [0.25, 0.3) is 5.91 Å². The van der Waals surface area contributed by atoms with Crippen LogP contribution in [-0.2, 0) is 0 Å². The van der Waals surface area contributed by atoms with Crippen LogP contribution in [0.2, 0.25) is 0 Å². The first-order valence-corrected chi connectivity index (χ1v) is 7.18. The Morgan fingerprint density at radius 3 is 2.64 bits per heavy atom. The Morgan fingerprint density at radius 2 is 2.00 bits per heavy atom. The number of hydrazone groups is 1. The molecule has 0 bridgehead atoms. The van der Waals surface area contributed by atoms with E-state index in [0.29, 0.717) is 12.2 Å². The monoisotopic (exact) mass is 297 g/mol. The second-order valence-corrected chi connectivity index (χ2v) is 4.75. The topological polar surface area (TPSA) is 63.6 Å². The van der Waals surface area contributed by atoms with E-state index in [1.54, 1.807) is 18.3 Å². The molecule has 0 spiro atoms. The molecule has 0 aliphatic heterocycles. The molecule has 1 heterocycles. The number of amides is 1. The van der Waals surface area contributed by atoms with E-state index in [1.165, 1.54) is 6.20 Å². The molecule has 5 nitrogen and oxygen atoms in total. The maximum Gasteiger partial charge on any atom is 0.272 e. The minimum atomic E-state index is -0.282. The minimum Gasteiger partial charge on any atom is -0.494 e. The van der Waals surface area contributed by atoms with E-state index in [0.717, 1.165) is 23.4 Å². The minimum absolute atomic E-state index is 0.282. The molecule has 0 radical (unpaired) electrons. The molecule has 1 amide bonds. The predicted molar refractivity (Wildman–Crippen MR) is 86.1 cm³/mol. The average Bonchev–Trinajstić information content (AvgIpc) is 2.58. The van der Waals surface area contributed by atoms with Crippen LogP contribution in [0.25, 0.3) is 0 Å². The van der Waals surface area contributed by atoms with Crippen molar-refractivity contribution >= 4 is 11.6 Å². The van der Waals surface area contributed by atoms with Gasteiger partial charge in [0.2, 0.25) is 0 Å². The van der Waals surface area contributed by atoms with Gasteiger partial charge >= 0.3 is 0 Å². The first-order valence-electron chi connectivity index (χ1n) is 7.18. The summed E-state index contributed by atoms with van der Waals surface area (Å²) in [6.07, 6.45) is 4.09. The molecule has 114 valence electrons. The van der Waals surface area contributed by atoms with Gasteiger partial charge in [0.1, 0.15) is 5.75 Å². The molecule has 1 N–H and O–H groups in total. The molecular formula is C17H19N3O2.